The molecule has 1 aromatic carbocycles. The molecule has 1 aliphatic rings. The zero-order valence-corrected chi connectivity index (χ0v) is 20.9. The number of pyridine rings is 1. The minimum atomic E-state index is -0.517. The van der Waals surface area contributed by atoms with Gasteiger partial charge in [0.2, 0.25) is 0 Å². The number of rotatable bonds is 8. The summed E-state index contributed by atoms with van der Waals surface area (Å²) in [6.45, 7) is 9.41. The van der Waals surface area contributed by atoms with Gasteiger partial charge in [-0.1, -0.05) is 0 Å². The van der Waals surface area contributed by atoms with E-state index in [-0.39, 0.29) is 11.7 Å². The summed E-state index contributed by atoms with van der Waals surface area (Å²) >= 11 is -0.517. The summed E-state index contributed by atoms with van der Waals surface area (Å²) in [5.74, 6) is 1.70. The molecule has 3 rings (SSSR count). The summed E-state index contributed by atoms with van der Waals surface area (Å²) in [6, 6.07) is 6.86. The molecule has 8 heteroatoms. The number of benzene rings is 1. The Morgan fingerprint density at radius 1 is 1.39 bits per heavy atom. The maximum atomic E-state index is 13.8. The molecule has 2 aromatic rings. The van der Waals surface area contributed by atoms with Crippen molar-refractivity contribution in [1.82, 2.24) is 10.3 Å². The first-order valence-corrected chi connectivity index (χ1v) is 14.1. The molecule has 0 saturated carbocycles. The molecule has 0 radical (unpaired) electrons. The topological polar surface area (TPSA) is 70.0 Å². The van der Waals surface area contributed by atoms with E-state index in [1.54, 1.807) is 6.07 Å². The molecule has 0 amide bonds. The van der Waals surface area contributed by atoms with Gasteiger partial charge in [-0.25, -0.2) is 0 Å². The number of piperidine rings is 1. The van der Waals surface area contributed by atoms with Crippen molar-refractivity contribution in [2.45, 2.75) is 46.1 Å². The number of hydrogen-bond donors (Lipinski definition) is 1. The molecular formula is C23H32FIN5O-. The van der Waals surface area contributed by atoms with Gasteiger partial charge in [0.15, 0.2) is 0 Å². The van der Waals surface area contributed by atoms with Crippen molar-refractivity contribution in [3.63, 3.8) is 0 Å². The SMILES string of the molecule is CCC[C@H]1CN(c2nc3ccc(F)cc3cc2C(N=O)=N[I-]C)CC[C@H]1NCC(C)C. The average Bonchev–Trinajstić information content (AvgIpc) is 2.75. The number of nitrogens with one attached hydrogen (secondary N) is 1. The summed E-state index contributed by atoms with van der Waals surface area (Å²) in [4.78, 5) is 20.7. The summed E-state index contributed by atoms with van der Waals surface area (Å²) < 4.78 is 18.2. The third-order valence-corrected chi connectivity index (χ3v) is 6.67. The minimum absolute atomic E-state index is 0.177. The monoisotopic (exact) mass is 540 g/mol. The number of hydrogen-bond acceptors (Lipinski definition) is 5. The van der Waals surface area contributed by atoms with Crippen LogP contribution in [0.3, 0.4) is 0 Å². The third-order valence-electron chi connectivity index (χ3n) is 5.73. The van der Waals surface area contributed by atoms with Crippen LogP contribution >= 0.6 is 0 Å². The van der Waals surface area contributed by atoms with Crippen molar-refractivity contribution < 1.29 is 25.9 Å². The number of anilines is 1. The number of fused-ring (bicyclic) bond motifs is 1. The van der Waals surface area contributed by atoms with Crippen LogP contribution in [0.4, 0.5) is 10.2 Å². The Labute approximate surface area is 194 Å². The Morgan fingerprint density at radius 3 is 2.87 bits per heavy atom. The van der Waals surface area contributed by atoms with Crippen molar-refractivity contribution in [1.29, 1.82) is 0 Å². The van der Waals surface area contributed by atoms with Gasteiger partial charge in [-0.15, -0.1) is 0 Å². The van der Waals surface area contributed by atoms with Crippen molar-refractivity contribution in [2.75, 3.05) is 29.5 Å². The number of alkyl halides is 1. The number of amidine groups is 1. The molecule has 0 spiro atoms. The first-order chi connectivity index (χ1) is 15.0. The fourth-order valence-electron chi connectivity index (χ4n) is 4.28. The van der Waals surface area contributed by atoms with E-state index < -0.39 is 21.5 Å². The average molecular weight is 540 g/mol. The van der Waals surface area contributed by atoms with Crippen LogP contribution < -0.4 is 31.7 Å². The predicted octanol–water partition coefficient (Wildman–Crippen LogP) is 1.76. The Morgan fingerprint density at radius 2 is 2.19 bits per heavy atom. The van der Waals surface area contributed by atoms with E-state index in [0.29, 0.717) is 34.3 Å². The van der Waals surface area contributed by atoms with E-state index in [4.69, 9.17) is 4.98 Å². The molecule has 1 fully saturated rings. The molecule has 1 saturated heterocycles. The van der Waals surface area contributed by atoms with Gasteiger partial charge in [0.05, 0.1) is 0 Å². The summed E-state index contributed by atoms with van der Waals surface area (Å²) in [6.07, 6.45) is 3.27. The molecular weight excluding hydrogens is 508 g/mol. The Kier molecular flexibility index (Phi) is 8.71. The Hall–Kier alpha value is -1.68. The second-order valence-electron chi connectivity index (χ2n) is 8.56. The molecule has 170 valence electrons. The number of halogens is 2. The molecule has 1 aromatic heterocycles. The van der Waals surface area contributed by atoms with Crippen LogP contribution in [0.15, 0.2) is 32.6 Å². The van der Waals surface area contributed by atoms with Gasteiger partial charge in [-0.3, -0.25) is 0 Å². The zero-order valence-electron chi connectivity index (χ0n) is 18.7. The van der Waals surface area contributed by atoms with E-state index in [1.165, 1.54) is 12.1 Å². The van der Waals surface area contributed by atoms with Crippen LogP contribution in [-0.2, 0) is 0 Å². The number of aromatic nitrogens is 1. The Bertz CT molecular complexity index is 936. The van der Waals surface area contributed by atoms with E-state index in [1.807, 2.05) is 11.0 Å². The number of nitrogens with zero attached hydrogens (tertiary/aromatic N) is 4. The van der Waals surface area contributed by atoms with Crippen LogP contribution in [0.2, 0.25) is 0 Å². The zero-order chi connectivity index (χ0) is 22.4. The standard InChI is InChI=1S/C23H32FIN5O/c1-5-6-16-14-30(10-9-20(16)26-13-15(2)3)23-19(22(29-31)28-25-4)12-17-11-18(24)7-8-21(17)27-23/h7-8,11-12,15-16,20,26H,5-6,9-10,13-14H2,1-4H3/q-1/t16-,20+/m0/s1. The van der Waals surface area contributed by atoms with E-state index in [9.17, 15) is 9.30 Å². The van der Waals surface area contributed by atoms with Gasteiger partial charge in [0, 0.05) is 0 Å². The second kappa shape index (κ2) is 11.3. The van der Waals surface area contributed by atoms with Crippen molar-refractivity contribution in [2.24, 2.45) is 20.2 Å². The van der Waals surface area contributed by atoms with Crippen molar-refractivity contribution in [3.05, 3.63) is 40.6 Å². The van der Waals surface area contributed by atoms with Gasteiger partial charge in [-0.05, 0) is 0 Å². The molecule has 2 heterocycles. The summed E-state index contributed by atoms with van der Waals surface area (Å²) in [5, 5.41) is 7.62. The molecule has 6 nitrogen and oxygen atoms in total. The van der Waals surface area contributed by atoms with Crippen molar-refractivity contribution >= 4 is 22.6 Å². The number of nitroso groups, excluding NO2 is 1. The van der Waals surface area contributed by atoms with Crippen LogP contribution in [0.1, 0.15) is 45.6 Å². The molecule has 1 aliphatic heterocycles. The van der Waals surface area contributed by atoms with Gasteiger partial charge >= 0.3 is 195 Å². The van der Waals surface area contributed by atoms with Crippen LogP contribution in [-0.4, -0.2) is 41.4 Å². The normalized spacial score (nSPS) is 20.1. The molecule has 0 aliphatic carbocycles. The van der Waals surface area contributed by atoms with Crippen LogP contribution in [0.5, 0.6) is 0 Å². The molecule has 1 N–H and O–H groups in total. The van der Waals surface area contributed by atoms with Crippen molar-refractivity contribution in [3.8, 4) is 0 Å². The maximum absolute atomic E-state index is 13.8. The molecule has 2 atom stereocenters. The fraction of sp³-hybridized carbons (Fsp3) is 0.565. The second-order valence-corrected chi connectivity index (χ2v) is 10.0. The van der Waals surface area contributed by atoms with E-state index >= 15 is 0 Å². The molecule has 0 bridgehead atoms. The quantitative estimate of drug-likeness (QED) is 0.182. The summed E-state index contributed by atoms with van der Waals surface area (Å²) in [5.41, 5.74) is 1.32. The van der Waals surface area contributed by atoms with Gasteiger partial charge < -0.3 is 0 Å². The first kappa shape index (κ1) is 24.0. The Balaban J connectivity index is 1.99. The molecule has 31 heavy (non-hydrogen) atoms. The van der Waals surface area contributed by atoms with Gasteiger partial charge in [0.1, 0.15) is 0 Å². The predicted molar refractivity (Wildman–Crippen MR) is 122 cm³/mol. The van der Waals surface area contributed by atoms with E-state index in [2.05, 4.69) is 39.4 Å². The van der Waals surface area contributed by atoms with Crippen LogP contribution in [0, 0.1) is 22.6 Å². The van der Waals surface area contributed by atoms with Gasteiger partial charge in [0.25, 0.3) is 0 Å². The van der Waals surface area contributed by atoms with Crippen LogP contribution in [0.25, 0.3) is 10.9 Å². The third kappa shape index (κ3) is 5.97. The van der Waals surface area contributed by atoms with Gasteiger partial charge in [-0.2, -0.15) is 0 Å². The summed E-state index contributed by atoms with van der Waals surface area (Å²) in [7, 11) is 0. The fourth-order valence-corrected chi connectivity index (χ4v) is 5.08. The molecule has 0 unspecified atom stereocenters. The van der Waals surface area contributed by atoms with E-state index in [0.717, 1.165) is 44.7 Å². The first-order valence-electron chi connectivity index (χ1n) is 11.0.